The van der Waals surface area contributed by atoms with E-state index in [1.807, 2.05) is 0 Å². The lowest BCUT2D eigenvalue weighted by molar-refractivity contribution is -0.384. The third-order valence-corrected chi connectivity index (χ3v) is 4.86. The molecule has 0 bridgehead atoms. The van der Waals surface area contributed by atoms with E-state index in [2.05, 4.69) is 5.32 Å². The first kappa shape index (κ1) is 24.0. The van der Waals surface area contributed by atoms with E-state index in [1.54, 1.807) is 48.3 Å². The maximum absolute atomic E-state index is 13.2. The number of hydrogen-bond acceptors (Lipinski definition) is 5. The van der Waals surface area contributed by atoms with Crippen molar-refractivity contribution in [2.24, 2.45) is 0 Å². The topological polar surface area (TPSA) is 99.3 Å². The summed E-state index contributed by atoms with van der Waals surface area (Å²) < 4.78 is 39.5. The van der Waals surface area contributed by atoms with Gasteiger partial charge in [-0.1, -0.05) is 36.4 Å². The number of carbonyl (C=O) groups is 1. The minimum absolute atomic E-state index is 0.160. The molecule has 3 aromatic carbocycles. The highest BCUT2D eigenvalue weighted by molar-refractivity contribution is 6.10. The second kappa shape index (κ2) is 9.87. The summed E-state index contributed by atoms with van der Waals surface area (Å²) in [4.78, 5) is 25.2. The second-order valence-corrected chi connectivity index (χ2v) is 7.07. The number of benzene rings is 3. The van der Waals surface area contributed by atoms with Crippen molar-refractivity contribution in [1.29, 1.82) is 5.26 Å². The molecule has 0 unspecified atom stereocenters. The molecular formula is C24H17F3N4O3. The first-order valence-electron chi connectivity index (χ1n) is 9.78. The van der Waals surface area contributed by atoms with Crippen molar-refractivity contribution in [3.63, 3.8) is 0 Å². The Bertz CT molecular complexity index is 1300. The molecule has 3 aromatic rings. The number of nitro groups is 1. The predicted octanol–water partition coefficient (Wildman–Crippen LogP) is 5.93. The van der Waals surface area contributed by atoms with Crippen LogP contribution in [0.3, 0.4) is 0 Å². The van der Waals surface area contributed by atoms with E-state index in [1.165, 1.54) is 30.3 Å². The van der Waals surface area contributed by atoms with Crippen LogP contribution in [-0.4, -0.2) is 17.9 Å². The minimum Gasteiger partial charge on any atom is -0.339 e. The molecule has 172 valence electrons. The monoisotopic (exact) mass is 466 g/mol. The molecule has 0 aliphatic carbocycles. The van der Waals surface area contributed by atoms with Crippen LogP contribution in [0.25, 0.3) is 6.08 Å². The zero-order chi connectivity index (χ0) is 24.9. The number of nitrogens with zero attached hydrogens (tertiary/aromatic N) is 3. The average Bonchev–Trinajstić information content (AvgIpc) is 2.82. The molecule has 0 atom stereocenters. The lowest BCUT2D eigenvalue weighted by atomic mass is 10.1. The summed E-state index contributed by atoms with van der Waals surface area (Å²) in [6.45, 7) is 0. The number of alkyl halides is 3. The van der Waals surface area contributed by atoms with Gasteiger partial charge in [0.15, 0.2) is 0 Å². The van der Waals surface area contributed by atoms with Crippen molar-refractivity contribution in [2.75, 3.05) is 17.3 Å². The number of hydrogen-bond donors (Lipinski definition) is 1. The SMILES string of the molecule is CN(c1ccccc1)c1ccc(/C=C(\C#N)C(=O)Nc2ccccc2C(F)(F)F)cc1[N+](=O)[O-]. The van der Waals surface area contributed by atoms with Gasteiger partial charge < -0.3 is 10.2 Å². The van der Waals surface area contributed by atoms with Crippen LogP contribution >= 0.6 is 0 Å². The van der Waals surface area contributed by atoms with Gasteiger partial charge in [-0.05, 0) is 42.0 Å². The minimum atomic E-state index is -4.71. The summed E-state index contributed by atoms with van der Waals surface area (Å²) in [6, 6.07) is 19.0. The Morgan fingerprint density at radius 3 is 2.35 bits per heavy atom. The van der Waals surface area contributed by atoms with E-state index in [4.69, 9.17) is 0 Å². The molecule has 0 saturated carbocycles. The number of halogens is 3. The molecule has 7 nitrogen and oxygen atoms in total. The maximum atomic E-state index is 13.2. The van der Waals surface area contributed by atoms with Gasteiger partial charge in [0.2, 0.25) is 0 Å². The van der Waals surface area contributed by atoms with Crippen LogP contribution in [0.4, 0.5) is 35.9 Å². The van der Waals surface area contributed by atoms with Crippen molar-refractivity contribution in [2.45, 2.75) is 6.18 Å². The third kappa shape index (κ3) is 5.39. The normalized spacial score (nSPS) is 11.4. The van der Waals surface area contributed by atoms with Crippen LogP contribution in [-0.2, 0) is 11.0 Å². The van der Waals surface area contributed by atoms with Crippen LogP contribution in [0, 0.1) is 21.4 Å². The number of rotatable bonds is 6. The number of nitro benzene ring substituents is 1. The number of nitriles is 1. The molecule has 0 aliphatic heterocycles. The van der Waals surface area contributed by atoms with Gasteiger partial charge in [-0.2, -0.15) is 18.4 Å². The fraction of sp³-hybridized carbons (Fsp3) is 0.0833. The number of amides is 1. The molecule has 0 heterocycles. The molecule has 10 heteroatoms. The lowest BCUT2D eigenvalue weighted by Crippen LogP contribution is -2.17. The molecule has 0 aromatic heterocycles. The highest BCUT2D eigenvalue weighted by Gasteiger charge is 2.33. The zero-order valence-corrected chi connectivity index (χ0v) is 17.7. The van der Waals surface area contributed by atoms with E-state index in [9.17, 15) is 33.3 Å². The summed E-state index contributed by atoms with van der Waals surface area (Å²) >= 11 is 0. The summed E-state index contributed by atoms with van der Waals surface area (Å²) in [7, 11) is 1.65. The number of anilines is 3. The van der Waals surface area contributed by atoms with E-state index < -0.39 is 33.8 Å². The Balaban J connectivity index is 1.94. The molecule has 0 saturated heterocycles. The molecule has 1 amide bonds. The van der Waals surface area contributed by atoms with E-state index in [0.29, 0.717) is 5.69 Å². The highest BCUT2D eigenvalue weighted by atomic mass is 19.4. The Morgan fingerprint density at radius 2 is 1.74 bits per heavy atom. The van der Waals surface area contributed by atoms with Crippen molar-refractivity contribution in [3.05, 3.63) is 99.6 Å². The van der Waals surface area contributed by atoms with Crippen LogP contribution in [0.2, 0.25) is 0 Å². The summed E-state index contributed by atoms with van der Waals surface area (Å²) in [5, 5.41) is 23.2. The van der Waals surface area contributed by atoms with Crippen molar-refractivity contribution >= 4 is 34.7 Å². The maximum Gasteiger partial charge on any atom is 0.418 e. The molecule has 1 N–H and O–H groups in total. The Labute approximate surface area is 192 Å². The molecule has 0 spiro atoms. The van der Waals surface area contributed by atoms with Gasteiger partial charge in [-0.15, -0.1) is 0 Å². The summed E-state index contributed by atoms with van der Waals surface area (Å²) in [5.74, 6) is -1.08. The first-order chi connectivity index (χ1) is 16.1. The number of para-hydroxylation sites is 2. The van der Waals surface area contributed by atoms with Gasteiger partial charge in [0, 0.05) is 18.8 Å². The quantitative estimate of drug-likeness (QED) is 0.210. The van der Waals surface area contributed by atoms with Gasteiger partial charge >= 0.3 is 6.18 Å². The fourth-order valence-corrected chi connectivity index (χ4v) is 3.20. The first-order valence-corrected chi connectivity index (χ1v) is 9.78. The van der Waals surface area contributed by atoms with Gasteiger partial charge in [0.05, 0.1) is 16.2 Å². The number of carbonyl (C=O) groups excluding carboxylic acids is 1. The third-order valence-electron chi connectivity index (χ3n) is 4.86. The van der Waals surface area contributed by atoms with Crippen LogP contribution < -0.4 is 10.2 Å². The Kier molecular flexibility index (Phi) is 6.97. The second-order valence-electron chi connectivity index (χ2n) is 7.07. The predicted molar refractivity (Wildman–Crippen MR) is 121 cm³/mol. The Hall–Kier alpha value is -4.65. The lowest BCUT2D eigenvalue weighted by Gasteiger charge is -2.19. The smallest absolute Gasteiger partial charge is 0.339 e. The molecular weight excluding hydrogens is 449 g/mol. The van der Waals surface area contributed by atoms with Crippen LogP contribution in [0.1, 0.15) is 11.1 Å². The van der Waals surface area contributed by atoms with Crippen LogP contribution in [0.5, 0.6) is 0 Å². The number of nitrogens with one attached hydrogen (secondary N) is 1. The van der Waals surface area contributed by atoms with Gasteiger partial charge in [-0.25, -0.2) is 0 Å². The van der Waals surface area contributed by atoms with Gasteiger partial charge in [0.1, 0.15) is 17.3 Å². The average molecular weight is 466 g/mol. The van der Waals surface area contributed by atoms with Crippen molar-refractivity contribution in [3.8, 4) is 6.07 Å². The molecule has 0 radical (unpaired) electrons. The largest absolute Gasteiger partial charge is 0.418 e. The standard InChI is InChI=1S/C24H17F3N4O3/c1-30(18-7-3-2-4-8-18)21-12-11-16(14-22(21)31(33)34)13-17(15-28)23(32)29-20-10-6-5-9-19(20)24(25,26)27/h2-14H,1H3,(H,29,32)/b17-13+. The van der Waals surface area contributed by atoms with Crippen LogP contribution in [0.15, 0.2) is 78.4 Å². The Morgan fingerprint density at radius 1 is 1.09 bits per heavy atom. The van der Waals surface area contributed by atoms with E-state index >= 15 is 0 Å². The summed E-state index contributed by atoms with van der Waals surface area (Å²) in [5.41, 5.74) is -1.23. The van der Waals surface area contributed by atoms with Crippen molar-refractivity contribution in [1.82, 2.24) is 0 Å². The molecule has 0 aliphatic rings. The molecule has 0 fully saturated rings. The zero-order valence-electron chi connectivity index (χ0n) is 17.7. The van der Waals surface area contributed by atoms with Gasteiger partial charge in [-0.3, -0.25) is 14.9 Å². The molecule has 34 heavy (non-hydrogen) atoms. The molecule has 3 rings (SSSR count). The van der Waals surface area contributed by atoms with Gasteiger partial charge in [0.25, 0.3) is 11.6 Å². The summed E-state index contributed by atoms with van der Waals surface area (Å²) in [6.07, 6.45) is -3.63. The van der Waals surface area contributed by atoms with E-state index in [-0.39, 0.29) is 16.9 Å². The van der Waals surface area contributed by atoms with E-state index in [0.717, 1.165) is 18.2 Å². The highest BCUT2D eigenvalue weighted by Crippen LogP contribution is 2.35. The fourth-order valence-electron chi connectivity index (χ4n) is 3.20. The van der Waals surface area contributed by atoms with Crippen molar-refractivity contribution < 1.29 is 22.9 Å².